The van der Waals surface area contributed by atoms with Gasteiger partial charge in [-0.3, -0.25) is 0 Å². The molecule has 1 unspecified atom stereocenters. The Kier molecular flexibility index (Phi) is 6.62. The van der Waals surface area contributed by atoms with E-state index >= 15 is 0 Å². The number of methoxy groups -OCH3 is 2. The molecule has 1 N–H and O–H groups in total. The Hall–Kier alpha value is -4.43. The minimum Gasteiger partial charge on any atom is -0.497 e. The number of urea groups is 1. The van der Waals surface area contributed by atoms with Crippen LogP contribution in [0.2, 0.25) is 5.02 Å². The predicted octanol–water partition coefficient (Wildman–Crippen LogP) is 6.66. The molecule has 6 rings (SSSR count). The molecule has 2 amide bonds. The molecule has 39 heavy (non-hydrogen) atoms. The largest absolute Gasteiger partial charge is 0.497 e. The van der Waals surface area contributed by atoms with Crippen molar-refractivity contribution in [2.45, 2.75) is 12.5 Å². The Morgan fingerprint density at radius 3 is 2.49 bits per heavy atom. The molecule has 2 heterocycles. The Morgan fingerprint density at radius 1 is 0.923 bits per heavy atom. The number of carbonyl (C=O) groups excluding carboxylic acids is 1. The van der Waals surface area contributed by atoms with Gasteiger partial charge in [0.1, 0.15) is 24.7 Å². The van der Waals surface area contributed by atoms with Crippen molar-refractivity contribution in [3.8, 4) is 23.0 Å². The van der Waals surface area contributed by atoms with E-state index in [4.69, 9.17) is 35.6 Å². The molecule has 2 aliphatic rings. The quantitative estimate of drug-likeness (QED) is 0.304. The molecule has 0 radical (unpaired) electrons. The van der Waals surface area contributed by atoms with Gasteiger partial charge in [0.05, 0.1) is 26.0 Å². The first-order chi connectivity index (χ1) is 19.0. The molecule has 4 aromatic rings. The van der Waals surface area contributed by atoms with Crippen molar-refractivity contribution in [3.63, 3.8) is 0 Å². The van der Waals surface area contributed by atoms with Gasteiger partial charge >= 0.3 is 6.03 Å². The number of carbonyl (C=O) groups is 1. The molecule has 0 spiro atoms. The zero-order valence-electron chi connectivity index (χ0n) is 21.4. The number of hydrazone groups is 1. The van der Waals surface area contributed by atoms with Gasteiger partial charge in [-0.15, -0.1) is 0 Å². The van der Waals surface area contributed by atoms with E-state index in [0.717, 1.165) is 33.4 Å². The van der Waals surface area contributed by atoms with E-state index in [1.807, 2.05) is 48.5 Å². The van der Waals surface area contributed by atoms with Crippen LogP contribution in [-0.2, 0) is 0 Å². The van der Waals surface area contributed by atoms with Gasteiger partial charge in [-0.25, -0.2) is 9.80 Å². The fraction of sp³-hybridized carbons (Fsp3) is 0.200. The first-order valence-electron chi connectivity index (χ1n) is 12.5. The maximum Gasteiger partial charge on any atom is 0.342 e. The molecule has 0 bridgehead atoms. The van der Waals surface area contributed by atoms with Crippen LogP contribution in [0.4, 0.5) is 10.5 Å². The van der Waals surface area contributed by atoms with Crippen LogP contribution in [0.1, 0.15) is 23.6 Å². The van der Waals surface area contributed by atoms with Crippen LogP contribution >= 0.6 is 11.6 Å². The van der Waals surface area contributed by atoms with Crippen molar-refractivity contribution < 1.29 is 23.7 Å². The summed E-state index contributed by atoms with van der Waals surface area (Å²) in [5.74, 6) is 2.81. The van der Waals surface area contributed by atoms with Crippen molar-refractivity contribution in [1.29, 1.82) is 0 Å². The minimum absolute atomic E-state index is 0.360. The summed E-state index contributed by atoms with van der Waals surface area (Å²) in [6.45, 7) is 1.00. The molecule has 0 aliphatic carbocycles. The molecule has 2 aliphatic heterocycles. The average molecular weight is 544 g/mol. The van der Waals surface area contributed by atoms with E-state index in [9.17, 15) is 4.79 Å². The van der Waals surface area contributed by atoms with Crippen molar-refractivity contribution >= 4 is 39.8 Å². The van der Waals surface area contributed by atoms with E-state index in [1.165, 1.54) is 5.01 Å². The highest BCUT2D eigenvalue weighted by molar-refractivity contribution is 6.30. The first-order valence-corrected chi connectivity index (χ1v) is 12.9. The van der Waals surface area contributed by atoms with Gasteiger partial charge in [-0.2, -0.15) is 5.10 Å². The van der Waals surface area contributed by atoms with Crippen molar-refractivity contribution in [3.05, 3.63) is 88.9 Å². The fourth-order valence-electron chi connectivity index (χ4n) is 4.97. The fourth-order valence-corrected chi connectivity index (χ4v) is 5.09. The molecule has 0 saturated carbocycles. The average Bonchev–Trinajstić information content (AvgIpc) is 3.42. The van der Waals surface area contributed by atoms with Crippen LogP contribution in [0.5, 0.6) is 23.0 Å². The lowest BCUT2D eigenvalue weighted by Crippen LogP contribution is -2.31. The topological polar surface area (TPSA) is 81.6 Å². The smallest absolute Gasteiger partial charge is 0.342 e. The van der Waals surface area contributed by atoms with E-state index in [1.54, 1.807) is 38.5 Å². The summed E-state index contributed by atoms with van der Waals surface area (Å²) in [6.07, 6.45) is 0.492. The number of amides is 2. The van der Waals surface area contributed by atoms with Crippen molar-refractivity contribution in [2.24, 2.45) is 5.10 Å². The second-order valence-electron chi connectivity index (χ2n) is 9.18. The van der Waals surface area contributed by atoms with E-state index < -0.39 is 0 Å². The van der Waals surface area contributed by atoms with Gasteiger partial charge in [-0.1, -0.05) is 17.7 Å². The summed E-state index contributed by atoms with van der Waals surface area (Å²) in [6, 6.07) is 21.7. The summed E-state index contributed by atoms with van der Waals surface area (Å²) in [7, 11) is 3.27. The van der Waals surface area contributed by atoms with E-state index in [0.29, 0.717) is 47.6 Å². The van der Waals surface area contributed by atoms with Gasteiger partial charge in [0.25, 0.3) is 0 Å². The minimum atomic E-state index is -0.388. The lowest BCUT2D eigenvalue weighted by atomic mass is 9.93. The Bertz CT molecular complexity index is 1590. The monoisotopic (exact) mass is 543 g/mol. The highest BCUT2D eigenvalue weighted by atomic mass is 35.5. The molecule has 0 saturated heterocycles. The zero-order valence-corrected chi connectivity index (χ0v) is 22.2. The second kappa shape index (κ2) is 10.4. The molecule has 9 heteroatoms. The Balaban J connectivity index is 1.43. The number of hydrogen-bond donors (Lipinski definition) is 1. The molecular weight excluding hydrogens is 518 g/mol. The number of ether oxygens (including phenoxy) is 4. The van der Waals surface area contributed by atoms with Crippen LogP contribution in [0, 0.1) is 0 Å². The summed E-state index contributed by atoms with van der Waals surface area (Å²) < 4.78 is 22.6. The number of anilines is 1. The molecule has 4 aromatic carbocycles. The van der Waals surface area contributed by atoms with Crippen LogP contribution in [-0.4, -0.2) is 44.2 Å². The standard InChI is InChI=1S/C30H26ClN3O5/c1-36-21-8-9-23-24(16-21)22(10-12-27(23)37-2)26-17-25(18-3-11-28-29(15-18)39-14-13-38-28)33-34(26)30(35)32-20-6-4-19(31)5-7-20/h3-12,15-16,26H,13-14,17H2,1-2H3,(H,32,35). The highest BCUT2D eigenvalue weighted by Crippen LogP contribution is 2.41. The van der Waals surface area contributed by atoms with Gasteiger partial charge in [0.2, 0.25) is 0 Å². The number of nitrogens with zero attached hydrogens (tertiary/aromatic N) is 2. The van der Waals surface area contributed by atoms with Gasteiger partial charge < -0.3 is 24.3 Å². The van der Waals surface area contributed by atoms with Crippen LogP contribution < -0.4 is 24.3 Å². The lowest BCUT2D eigenvalue weighted by molar-refractivity contribution is 0.171. The van der Waals surface area contributed by atoms with Crippen LogP contribution in [0.15, 0.2) is 77.9 Å². The predicted molar refractivity (Wildman–Crippen MR) is 151 cm³/mol. The van der Waals surface area contributed by atoms with Gasteiger partial charge in [0, 0.05) is 28.1 Å². The maximum atomic E-state index is 13.7. The lowest BCUT2D eigenvalue weighted by Gasteiger charge is -2.24. The molecule has 8 nitrogen and oxygen atoms in total. The SMILES string of the molecule is COc1ccc2c(OC)ccc(C3CC(c4ccc5c(c4)OCCO5)=NN3C(=O)Nc3ccc(Cl)cc3)c2c1. The molecule has 0 fully saturated rings. The number of halogens is 1. The first kappa shape index (κ1) is 24.9. The molecule has 198 valence electrons. The van der Waals surface area contributed by atoms with E-state index in [2.05, 4.69) is 5.32 Å². The van der Waals surface area contributed by atoms with Crippen LogP contribution in [0.3, 0.4) is 0 Å². The number of hydrogen-bond acceptors (Lipinski definition) is 6. The summed E-state index contributed by atoms with van der Waals surface area (Å²) >= 11 is 6.04. The molecule has 1 atom stereocenters. The maximum absolute atomic E-state index is 13.7. The third kappa shape index (κ3) is 4.79. The third-order valence-electron chi connectivity index (χ3n) is 6.89. The van der Waals surface area contributed by atoms with Crippen LogP contribution in [0.25, 0.3) is 10.8 Å². The number of rotatable bonds is 5. The zero-order chi connectivity index (χ0) is 26.9. The third-order valence-corrected chi connectivity index (χ3v) is 7.14. The summed E-state index contributed by atoms with van der Waals surface area (Å²) in [4.78, 5) is 13.7. The summed E-state index contributed by atoms with van der Waals surface area (Å²) in [5, 5.41) is 11.7. The highest BCUT2D eigenvalue weighted by Gasteiger charge is 2.35. The normalized spacial score (nSPS) is 16.1. The van der Waals surface area contributed by atoms with E-state index in [-0.39, 0.29) is 12.1 Å². The second-order valence-corrected chi connectivity index (χ2v) is 9.61. The number of benzene rings is 4. The molecule has 0 aromatic heterocycles. The number of nitrogens with one attached hydrogen (secondary N) is 1. The molecular formula is C30H26ClN3O5. The van der Waals surface area contributed by atoms with Gasteiger partial charge in [0.15, 0.2) is 11.5 Å². The summed E-state index contributed by atoms with van der Waals surface area (Å²) in [5.41, 5.74) is 3.16. The van der Waals surface area contributed by atoms with Crippen molar-refractivity contribution in [2.75, 3.05) is 32.8 Å². The number of fused-ring (bicyclic) bond motifs is 2. The Morgan fingerprint density at radius 2 is 1.72 bits per heavy atom. The van der Waals surface area contributed by atoms with Gasteiger partial charge in [-0.05, 0) is 77.7 Å². The van der Waals surface area contributed by atoms with Crippen molar-refractivity contribution in [1.82, 2.24) is 5.01 Å². The Labute approximate surface area is 230 Å².